The Labute approximate surface area is 118 Å². The van der Waals surface area contributed by atoms with Crippen molar-refractivity contribution in [3.8, 4) is 0 Å². The maximum absolute atomic E-state index is 12.1. The van der Waals surface area contributed by atoms with Crippen molar-refractivity contribution >= 4 is 15.9 Å². The molecule has 1 atom stereocenters. The van der Waals surface area contributed by atoms with Gasteiger partial charge >= 0.3 is 0 Å². The molecule has 0 bridgehead atoms. The van der Waals surface area contributed by atoms with Crippen molar-refractivity contribution in [3.05, 3.63) is 29.8 Å². The molecule has 0 aliphatic carbocycles. The molecule has 1 aliphatic rings. The summed E-state index contributed by atoms with van der Waals surface area (Å²) in [6.07, 6.45) is 0.823. The smallest absolute Gasteiger partial charge is 0.238 e. The van der Waals surface area contributed by atoms with Crippen LogP contribution in [-0.4, -0.2) is 27.4 Å². The molecule has 1 saturated heterocycles. The molecule has 0 spiro atoms. The van der Waals surface area contributed by atoms with Crippen molar-refractivity contribution in [2.24, 2.45) is 10.6 Å². The van der Waals surface area contributed by atoms with Crippen LogP contribution in [0.3, 0.4) is 0 Å². The van der Waals surface area contributed by atoms with Crippen LogP contribution in [0.15, 0.2) is 29.2 Å². The highest BCUT2D eigenvalue weighted by Gasteiger charge is 2.35. The maximum Gasteiger partial charge on any atom is 0.238 e. The van der Waals surface area contributed by atoms with E-state index in [0.29, 0.717) is 13.1 Å². The lowest BCUT2D eigenvalue weighted by molar-refractivity contribution is -0.129. The first-order valence-corrected chi connectivity index (χ1v) is 7.97. The highest BCUT2D eigenvalue weighted by Crippen LogP contribution is 2.24. The summed E-state index contributed by atoms with van der Waals surface area (Å²) in [5.74, 6) is 0.0121. The molecule has 1 aromatic rings. The number of carbonyl (C=O) groups excluding carboxylic acids is 1. The van der Waals surface area contributed by atoms with Gasteiger partial charge in [-0.1, -0.05) is 12.1 Å². The van der Waals surface area contributed by atoms with Crippen LogP contribution in [0.1, 0.15) is 18.9 Å². The van der Waals surface area contributed by atoms with Crippen LogP contribution < -0.4 is 15.8 Å². The molecule has 110 valence electrons. The van der Waals surface area contributed by atoms with Crippen molar-refractivity contribution in [1.82, 2.24) is 10.6 Å². The average Bonchev–Trinajstić information content (AvgIpc) is 2.84. The molecule has 1 aliphatic heterocycles. The van der Waals surface area contributed by atoms with Gasteiger partial charge in [0.2, 0.25) is 15.9 Å². The number of nitrogens with two attached hydrogens (primary N) is 1. The van der Waals surface area contributed by atoms with E-state index in [1.165, 1.54) is 12.1 Å². The summed E-state index contributed by atoms with van der Waals surface area (Å²) in [5, 5.41) is 11.1. The number of hydrogen-bond donors (Lipinski definition) is 3. The van der Waals surface area contributed by atoms with E-state index >= 15 is 0 Å². The Morgan fingerprint density at radius 3 is 2.55 bits per heavy atom. The quantitative estimate of drug-likeness (QED) is 0.725. The maximum atomic E-state index is 12.1. The van der Waals surface area contributed by atoms with E-state index in [2.05, 4.69) is 10.6 Å². The molecule has 2 rings (SSSR count). The zero-order valence-electron chi connectivity index (χ0n) is 11.3. The lowest BCUT2D eigenvalue weighted by Crippen LogP contribution is -2.40. The van der Waals surface area contributed by atoms with Gasteiger partial charge in [-0.25, -0.2) is 13.6 Å². The number of primary sulfonamides is 1. The van der Waals surface area contributed by atoms with Gasteiger partial charge in [0.15, 0.2) is 0 Å². The third kappa shape index (κ3) is 3.36. The fourth-order valence-corrected chi connectivity index (χ4v) is 2.72. The van der Waals surface area contributed by atoms with E-state index in [1.54, 1.807) is 12.1 Å². The molecule has 1 fully saturated rings. The summed E-state index contributed by atoms with van der Waals surface area (Å²) < 4.78 is 22.3. The molecule has 0 saturated carbocycles. The van der Waals surface area contributed by atoms with Crippen LogP contribution in [0.2, 0.25) is 0 Å². The van der Waals surface area contributed by atoms with Gasteiger partial charge in [-0.2, -0.15) is 0 Å². The van der Waals surface area contributed by atoms with E-state index in [9.17, 15) is 13.2 Å². The SMILES string of the molecule is CC1(C(=O)NCc2ccc(S(N)(=O)=O)cc2)CCNC1. The number of hydrogen-bond acceptors (Lipinski definition) is 4. The van der Waals surface area contributed by atoms with Crippen LogP contribution in [0.4, 0.5) is 0 Å². The van der Waals surface area contributed by atoms with Gasteiger partial charge in [-0.3, -0.25) is 4.79 Å². The van der Waals surface area contributed by atoms with E-state index in [1.807, 2.05) is 6.92 Å². The number of benzene rings is 1. The van der Waals surface area contributed by atoms with E-state index in [0.717, 1.165) is 18.5 Å². The van der Waals surface area contributed by atoms with Crippen molar-refractivity contribution < 1.29 is 13.2 Å². The van der Waals surface area contributed by atoms with Crippen molar-refractivity contribution in [2.75, 3.05) is 13.1 Å². The number of nitrogens with one attached hydrogen (secondary N) is 2. The first-order valence-electron chi connectivity index (χ1n) is 6.42. The fraction of sp³-hybridized carbons (Fsp3) is 0.462. The Balaban J connectivity index is 1.96. The van der Waals surface area contributed by atoms with Gasteiger partial charge in [-0.05, 0) is 37.6 Å². The van der Waals surface area contributed by atoms with Crippen LogP contribution in [0.25, 0.3) is 0 Å². The minimum Gasteiger partial charge on any atom is -0.352 e. The van der Waals surface area contributed by atoms with Gasteiger partial charge < -0.3 is 10.6 Å². The molecule has 7 heteroatoms. The third-order valence-corrected chi connectivity index (χ3v) is 4.55. The summed E-state index contributed by atoms with van der Waals surface area (Å²) >= 11 is 0. The van der Waals surface area contributed by atoms with Crippen LogP contribution in [-0.2, 0) is 21.4 Å². The molecule has 1 amide bonds. The van der Waals surface area contributed by atoms with Gasteiger partial charge in [-0.15, -0.1) is 0 Å². The average molecular weight is 297 g/mol. The Hall–Kier alpha value is -1.44. The monoisotopic (exact) mass is 297 g/mol. The normalized spacial score (nSPS) is 22.7. The topological polar surface area (TPSA) is 101 Å². The Morgan fingerprint density at radius 2 is 2.05 bits per heavy atom. The van der Waals surface area contributed by atoms with Crippen molar-refractivity contribution in [3.63, 3.8) is 0 Å². The van der Waals surface area contributed by atoms with Crippen molar-refractivity contribution in [1.29, 1.82) is 0 Å². The summed E-state index contributed by atoms with van der Waals surface area (Å²) in [6, 6.07) is 6.18. The largest absolute Gasteiger partial charge is 0.352 e. The molecule has 1 heterocycles. The van der Waals surface area contributed by atoms with Crippen LogP contribution in [0, 0.1) is 5.41 Å². The first-order chi connectivity index (χ1) is 9.31. The second-order valence-electron chi connectivity index (χ2n) is 5.36. The summed E-state index contributed by atoms with van der Waals surface area (Å²) in [4.78, 5) is 12.2. The van der Waals surface area contributed by atoms with Gasteiger partial charge in [0.25, 0.3) is 0 Å². The molecule has 1 unspecified atom stereocenters. The van der Waals surface area contributed by atoms with Crippen LogP contribution >= 0.6 is 0 Å². The fourth-order valence-electron chi connectivity index (χ4n) is 2.20. The highest BCUT2D eigenvalue weighted by atomic mass is 32.2. The predicted octanol–water partition coefficient (Wildman–Crippen LogP) is -0.0502. The predicted molar refractivity (Wildman–Crippen MR) is 75.3 cm³/mol. The van der Waals surface area contributed by atoms with E-state index < -0.39 is 10.0 Å². The number of carbonyl (C=O) groups is 1. The Morgan fingerprint density at radius 1 is 1.40 bits per heavy atom. The van der Waals surface area contributed by atoms with Crippen LogP contribution in [0.5, 0.6) is 0 Å². The third-order valence-electron chi connectivity index (χ3n) is 3.62. The first kappa shape index (κ1) is 15.0. The lowest BCUT2D eigenvalue weighted by Gasteiger charge is -2.21. The second-order valence-corrected chi connectivity index (χ2v) is 6.92. The van der Waals surface area contributed by atoms with E-state index in [4.69, 9.17) is 5.14 Å². The number of rotatable bonds is 4. The molecular formula is C13H19N3O3S. The lowest BCUT2D eigenvalue weighted by atomic mass is 9.89. The van der Waals surface area contributed by atoms with E-state index in [-0.39, 0.29) is 16.2 Å². The van der Waals surface area contributed by atoms with Gasteiger partial charge in [0.1, 0.15) is 0 Å². The minimum atomic E-state index is -3.67. The molecular weight excluding hydrogens is 278 g/mol. The number of sulfonamides is 1. The Bertz CT molecular complexity index is 590. The molecule has 6 nitrogen and oxygen atoms in total. The van der Waals surface area contributed by atoms with Gasteiger partial charge in [0, 0.05) is 13.1 Å². The highest BCUT2D eigenvalue weighted by molar-refractivity contribution is 7.89. The second kappa shape index (κ2) is 5.51. The molecule has 0 aromatic heterocycles. The molecule has 20 heavy (non-hydrogen) atoms. The molecule has 1 aromatic carbocycles. The number of amides is 1. The van der Waals surface area contributed by atoms with Gasteiger partial charge in [0.05, 0.1) is 10.3 Å². The standard InChI is InChI=1S/C13H19N3O3S/c1-13(6-7-15-9-13)12(17)16-8-10-2-4-11(5-3-10)20(14,18)19/h2-5,15H,6-9H2,1H3,(H,16,17)(H2,14,18,19). The molecule has 4 N–H and O–H groups in total. The minimum absolute atomic E-state index is 0.0121. The summed E-state index contributed by atoms with van der Waals surface area (Å²) in [6.45, 7) is 3.85. The zero-order chi connectivity index (χ0) is 14.8. The van der Waals surface area contributed by atoms with Crippen molar-refractivity contribution in [2.45, 2.75) is 24.8 Å². The summed E-state index contributed by atoms with van der Waals surface area (Å²) in [7, 11) is -3.67. The molecule has 0 radical (unpaired) electrons. The zero-order valence-corrected chi connectivity index (χ0v) is 12.2. The summed E-state index contributed by atoms with van der Waals surface area (Å²) in [5.41, 5.74) is 0.473. The Kier molecular flexibility index (Phi) is 4.12.